The molecule has 2 aromatic carbocycles. The number of para-hydroxylation sites is 1. The van der Waals surface area contributed by atoms with Gasteiger partial charge in [0.1, 0.15) is 11.9 Å². The van der Waals surface area contributed by atoms with E-state index in [0.29, 0.717) is 17.9 Å². The lowest BCUT2D eigenvalue weighted by Gasteiger charge is -2.23. The van der Waals surface area contributed by atoms with Crippen LogP contribution in [0.25, 0.3) is 0 Å². The maximum Gasteiger partial charge on any atom is 0.332 e. The maximum atomic E-state index is 13.0. The van der Waals surface area contributed by atoms with Gasteiger partial charge in [-0.25, -0.2) is 14.1 Å². The summed E-state index contributed by atoms with van der Waals surface area (Å²) in [6.45, 7) is 4.25. The van der Waals surface area contributed by atoms with E-state index in [9.17, 15) is 18.8 Å². The molecule has 1 N–H and O–H groups in total. The summed E-state index contributed by atoms with van der Waals surface area (Å²) in [6.07, 6.45) is -0.169. The second kappa shape index (κ2) is 8.21. The minimum absolute atomic E-state index is 0.134. The van der Waals surface area contributed by atoms with E-state index in [1.54, 1.807) is 30.3 Å². The molecular weight excluding hydrogens is 361 g/mol. The number of anilines is 2. The lowest BCUT2D eigenvalue weighted by molar-refractivity contribution is -0.124. The molecule has 4 amide bonds. The minimum atomic E-state index is -0.879. The van der Waals surface area contributed by atoms with Gasteiger partial charge >= 0.3 is 6.03 Å². The molecule has 1 atom stereocenters. The Morgan fingerprint density at radius 3 is 2.32 bits per heavy atom. The zero-order chi connectivity index (χ0) is 20.3. The minimum Gasteiger partial charge on any atom is -0.326 e. The summed E-state index contributed by atoms with van der Waals surface area (Å²) < 4.78 is 13.0. The Labute approximate surface area is 162 Å². The van der Waals surface area contributed by atoms with Crippen molar-refractivity contribution in [2.45, 2.75) is 26.3 Å². The predicted molar refractivity (Wildman–Crippen MR) is 104 cm³/mol. The van der Waals surface area contributed by atoms with Crippen LogP contribution in [-0.2, 0) is 9.59 Å². The van der Waals surface area contributed by atoms with Gasteiger partial charge in [0.2, 0.25) is 5.91 Å². The number of imide groups is 1. The molecule has 6 nitrogen and oxygen atoms in total. The van der Waals surface area contributed by atoms with Crippen LogP contribution >= 0.6 is 0 Å². The van der Waals surface area contributed by atoms with E-state index >= 15 is 0 Å². The van der Waals surface area contributed by atoms with Crippen molar-refractivity contribution in [2.24, 2.45) is 5.92 Å². The highest BCUT2D eigenvalue weighted by atomic mass is 19.1. The third-order valence-electron chi connectivity index (χ3n) is 4.40. The zero-order valence-electron chi connectivity index (χ0n) is 15.8. The van der Waals surface area contributed by atoms with Crippen LogP contribution in [0, 0.1) is 11.7 Å². The summed E-state index contributed by atoms with van der Waals surface area (Å²) in [6, 6.07) is 12.7. The Kier molecular flexibility index (Phi) is 5.73. The van der Waals surface area contributed by atoms with Crippen molar-refractivity contribution >= 4 is 29.2 Å². The molecule has 7 heteroatoms. The van der Waals surface area contributed by atoms with Crippen molar-refractivity contribution in [3.63, 3.8) is 0 Å². The lowest BCUT2D eigenvalue weighted by atomic mass is 10.1. The van der Waals surface area contributed by atoms with Gasteiger partial charge in [0.05, 0.1) is 12.1 Å². The van der Waals surface area contributed by atoms with E-state index in [4.69, 9.17) is 0 Å². The fraction of sp³-hybridized carbons (Fsp3) is 0.286. The van der Waals surface area contributed by atoms with Gasteiger partial charge in [-0.15, -0.1) is 0 Å². The highest BCUT2D eigenvalue weighted by Crippen LogP contribution is 2.27. The van der Waals surface area contributed by atoms with Gasteiger partial charge in [0, 0.05) is 12.2 Å². The molecule has 0 aromatic heterocycles. The van der Waals surface area contributed by atoms with Crippen LogP contribution in [0.3, 0.4) is 0 Å². The molecule has 146 valence electrons. The Balaban J connectivity index is 1.80. The number of rotatable bonds is 6. The summed E-state index contributed by atoms with van der Waals surface area (Å²) in [5, 5.41) is 2.65. The first-order chi connectivity index (χ1) is 13.4. The molecule has 1 saturated heterocycles. The van der Waals surface area contributed by atoms with Crippen LogP contribution in [0.4, 0.5) is 20.6 Å². The Morgan fingerprint density at radius 1 is 1.07 bits per heavy atom. The summed E-state index contributed by atoms with van der Waals surface area (Å²) in [5.74, 6) is -1.11. The first-order valence-electron chi connectivity index (χ1n) is 9.12. The summed E-state index contributed by atoms with van der Waals surface area (Å²) in [7, 11) is 0. The van der Waals surface area contributed by atoms with Crippen LogP contribution in [0.1, 0.15) is 20.3 Å². The molecule has 1 aliphatic rings. The van der Waals surface area contributed by atoms with Gasteiger partial charge < -0.3 is 10.2 Å². The third-order valence-corrected chi connectivity index (χ3v) is 4.40. The largest absolute Gasteiger partial charge is 0.332 e. The normalized spacial score (nSPS) is 16.8. The van der Waals surface area contributed by atoms with E-state index in [-0.39, 0.29) is 12.3 Å². The highest BCUT2D eigenvalue weighted by Gasteiger charge is 2.46. The van der Waals surface area contributed by atoms with Crippen LogP contribution in [0.5, 0.6) is 0 Å². The number of carbonyl (C=O) groups is 3. The smallest absolute Gasteiger partial charge is 0.326 e. The molecule has 0 saturated carbocycles. The molecule has 1 aliphatic heterocycles. The molecule has 0 bridgehead atoms. The second-order valence-electron chi connectivity index (χ2n) is 7.11. The molecule has 0 aliphatic carbocycles. The molecule has 1 heterocycles. The van der Waals surface area contributed by atoms with Crippen molar-refractivity contribution < 1.29 is 18.8 Å². The average Bonchev–Trinajstić information content (AvgIpc) is 2.88. The summed E-state index contributed by atoms with van der Waals surface area (Å²) >= 11 is 0. The van der Waals surface area contributed by atoms with Gasteiger partial charge in [-0.3, -0.25) is 9.59 Å². The number of hydrogen-bond donors (Lipinski definition) is 1. The molecule has 1 fully saturated rings. The fourth-order valence-corrected chi connectivity index (χ4v) is 3.17. The van der Waals surface area contributed by atoms with Crippen LogP contribution in [0.15, 0.2) is 54.6 Å². The number of benzene rings is 2. The Bertz CT molecular complexity index is 868. The quantitative estimate of drug-likeness (QED) is 0.774. The standard InChI is InChI=1S/C21H22FN3O3/c1-14(2)13-24-18(12-19(26)23-16-10-8-15(22)9-11-16)20(27)25(21(24)28)17-6-4-3-5-7-17/h3-11,14,18H,12-13H2,1-2H3,(H,23,26). The van der Waals surface area contributed by atoms with Gasteiger partial charge in [-0.2, -0.15) is 0 Å². The number of urea groups is 1. The number of amides is 4. The van der Waals surface area contributed by atoms with Gasteiger partial charge in [0.25, 0.3) is 5.91 Å². The molecule has 28 heavy (non-hydrogen) atoms. The highest BCUT2D eigenvalue weighted by molar-refractivity contribution is 6.22. The van der Waals surface area contributed by atoms with Crippen molar-refractivity contribution in [3.8, 4) is 0 Å². The van der Waals surface area contributed by atoms with Crippen LogP contribution < -0.4 is 10.2 Å². The summed E-state index contributed by atoms with van der Waals surface area (Å²) in [5.41, 5.74) is 0.909. The second-order valence-corrected chi connectivity index (χ2v) is 7.11. The van der Waals surface area contributed by atoms with E-state index in [1.165, 1.54) is 29.2 Å². The van der Waals surface area contributed by atoms with Gasteiger partial charge in [0.15, 0.2) is 0 Å². The van der Waals surface area contributed by atoms with Gasteiger partial charge in [-0.1, -0.05) is 32.0 Å². The van der Waals surface area contributed by atoms with E-state index in [1.807, 2.05) is 13.8 Å². The molecule has 2 aromatic rings. The van der Waals surface area contributed by atoms with Crippen molar-refractivity contribution in [1.82, 2.24) is 4.90 Å². The van der Waals surface area contributed by atoms with E-state index in [0.717, 1.165) is 4.90 Å². The van der Waals surface area contributed by atoms with E-state index < -0.39 is 29.7 Å². The first kappa shape index (κ1) is 19.5. The fourth-order valence-electron chi connectivity index (χ4n) is 3.17. The molecule has 1 unspecified atom stereocenters. The Hall–Kier alpha value is -3.22. The molecule has 0 spiro atoms. The molecule has 0 radical (unpaired) electrons. The van der Waals surface area contributed by atoms with Crippen molar-refractivity contribution in [2.75, 3.05) is 16.8 Å². The van der Waals surface area contributed by atoms with Crippen LogP contribution in [-0.4, -0.2) is 35.3 Å². The number of nitrogens with zero attached hydrogens (tertiary/aromatic N) is 2. The molecule has 3 rings (SSSR count). The maximum absolute atomic E-state index is 13.0. The predicted octanol–water partition coefficient (Wildman–Crippen LogP) is 3.65. The van der Waals surface area contributed by atoms with E-state index in [2.05, 4.69) is 5.32 Å². The Morgan fingerprint density at radius 2 is 1.71 bits per heavy atom. The zero-order valence-corrected chi connectivity index (χ0v) is 15.8. The van der Waals surface area contributed by atoms with Crippen LogP contribution in [0.2, 0.25) is 0 Å². The number of halogens is 1. The average molecular weight is 383 g/mol. The number of hydrogen-bond acceptors (Lipinski definition) is 3. The first-order valence-corrected chi connectivity index (χ1v) is 9.12. The lowest BCUT2D eigenvalue weighted by Crippen LogP contribution is -2.40. The van der Waals surface area contributed by atoms with Gasteiger partial charge in [-0.05, 0) is 42.3 Å². The number of carbonyl (C=O) groups excluding carboxylic acids is 3. The topological polar surface area (TPSA) is 69.7 Å². The monoisotopic (exact) mass is 383 g/mol. The number of nitrogens with one attached hydrogen (secondary N) is 1. The third kappa shape index (κ3) is 4.19. The summed E-state index contributed by atoms with van der Waals surface area (Å²) in [4.78, 5) is 40.9. The van der Waals surface area contributed by atoms with Crippen molar-refractivity contribution in [3.05, 3.63) is 60.4 Å². The molecular formula is C21H22FN3O3. The van der Waals surface area contributed by atoms with Crippen molar-refractivity contribution in [1.29, 1.82) is 0 Å². The SMILES string of the molecule is CC(C)CN1C(=O)N(c2ccccc2)C(=O)C1CC(=O)Nc1ccc(F)cc1.